The zero-order chi connectivity index (χ0) is 17.1. The van der Waals surface area contributed by atoms with Crippen molar-refractivity contribution in [1.82, 2.24) is 19.6 Å². The summed E-state index contributed by atoms with van der Waals surface area (Å²) in [6, 6.07) is 13.5. The lowest BCUT2D eigenvalue weighted by atomic mass is 9.96. The summed E-state index contributed by atoms with van der Waals surface area (Å²) in [5.74, 6) is 1.84. The molecule has 0 radical (unpaired) electrons. The van der Waals surface area contributed by atoms with Crippen molar-refractivity contribution < 1.29 is 0 Å². The van der Waals surface area contributed by atoms with Crippen molar-refractivity contribution in [2.45, 2.75) is 51.5 Å². The van der Waals surface area contributed by atoms with Crippen molar-refractivity contribution in [3.8, 4) is 0 Å². The van der Waals surface area contributed by atoms with Crippen molar-refractivity contribution in [2.24, 2.45) is 0 Å². The molecule has 25 heavy (non-hydrogen) atoms. The zero-order valence-corrected chi connectivity index (χ0v) is 14.8. The van der Waals surface area contributed by atoms with E-state index in [4.69, 9.17) is 0 Å². The monoisotopic (exact) mass is 335 g/mol. The summed E-state index contributed by atoms with van der Waals surface area (Å²) >= 11 is 0. The fourth-order valence-corrected chi connectivity index (χ4v) is 3.90. The van der Waals surface area contributed by atoms with E-state index in [-0.39, 0.29) is 0 Å². The van der Waals surface area contributed by atoms with Crippen molar-refractivity contribution in [1.29, 1.82) is 0 Å². The van der Waals surface area contributed by atoms with Gasteiger partial charge >= 0.3 is 0 Å². The van der Waals surface area contributed by atoms with Crippen LogP contribution < -0.4 is 4.90 Å². The van der Waals surface area contributed by atoms with Crippen LogP contribution in [-0.4, -0.2) is 32.2 Å². The second-order valence-corrected chi connectivity index (χ2v) is 6.95. The highest BCUT2D eigenvalue weighted by atomic mass is 15.4. The average molecular weight is 335 g/mol. The molecule has 2 aromatic heterocycles. The van der Waals surface area contributed by atoms with Crippen molar-refractivity contribution in [3.05, 3.63) is 54.0 Å². The van der Waals surface area contributed by atoms with E-state index in [9.17, 15) is 0 Å². The maximum Gasteiger partial charge on any atom is 0.254 e. The molecule has 130 valence electrons. The molecule has 0 aliphatic carbocycles. The predicted octanol–water partition coefficient (Wildman–Crippen LogP) is 3.81. The van der Waals surface area contributed by atoms with Crippen molar-refractivity contribution >= 4 is 11.6 Å². The maximum atomic E-state index is 4.48. The third kappa shape index (κ3) is 3.50. The molecule has 3 heterocycles. The Morgan fingerprint density at radius 1 is 1.16 bits per heavy atom. The summed E-state index contributed by atoms with van der Waals surface area (Å²) in [7, 11) is 0. The molecule has 0 saturated carbocycles. The molecular formula is C20H25N5. The molecule has 0 bridgehead atoms. The van der Waals surface area contributed by atoms with E-state index in [0.29, 0.717) is 11.8 Å². The highest BCUT2D eigenvalue weighted by Gasteiger charge is 2.25. The Morgan fingerprint density at radius 2 is 2.04 bits per heavy atom. The van der Waals surface area contributed by atoms with Gasteiger partial charge in [0.05, 0.1) is 0 Å². The lowest BCUT2D eigenvalue weighted by Crippen LogP contribution is -2.41. The summed E-state index contributed by atoms with van der Waals surface area (Å²) in [6.45, 7) is 3.13. The van der Waals surface area contributed by atoms with Gasteiger partial charge in [0.1, 0.15) is 12.1 Å². The van der Waals surface area contributed by atoms with Crippen LogP contribution in [-0.2, 0) is 6.42 Å². The molecule has 0 spiro atoms. The second kappa shape index (κ2) is 7.21. The number of hydrogen-bond acceptors (Lipinski definition) is 4. The number of anilines is 1. The molecule has 1 unspecified atom stereocenters. The zero-order valence-electron chi connectivity index (χ0n) is 14.8. The Balaban J connectivity index is 1.51. The van der Waals surface area contributed by atoms with Gasteiger partial charge in [-0.1, -0.05) is 30.3 Å². The van der Waals surface area contributed by atoms with Crippen LogP contribution in [0.2, 0.25) is 0 Å². The number of nitrogens with zero attached hydrogens (tertiary/aromatic N) is 5. The SMILES string of the molecule is Cc1cc(N2CCCCC2CCCc2ccccc2)n2ncnc2n1. The number of benzene rings is 1. The van der Waals surface area contributed by atoms with Gasteiger partial charge in [-0.05, 0) is 51.0 Å². The van der Waals surface area contributed by atoms with Crippen LogP contribution in [0.15, 0.2) is 42.7 Å². The van der Waals surface area contributed by atoms with E-state index in [2.05, 4.69) is 56.4 Å². The predicted molar refractivity (Wildman–Crippen MR) is 99.9 cm³/mol. The van der Waals surface area contributed by atoms with Crippen LogP contribution in [0.4, 0.5) is 5.82 Å². The van der Waals surface area contributed by atoms with E-state index in [1.54, 1.807) is 6.33 Å². The highest BCUT2D eigenvalue weighted by Crippen LogP contribution is 2.28. The van der Waals surface area contributed by atoms with Crippen LogP contribution in [0.1, 0.15) is 43.4 Å². The Labute approximate surface area is 148 Å². The summed E-state index contributed by atoms with van der Waals surface area (Å²) < 4.78 is 1.89. The van der Waals surface area contributed by atoms with Crippen molar-refractivity contribution in [2.75, 3.05) is 11.4 Å². The Bertz CT molecular complexity index is 826. The van der Waals surface area contributed by atoms with E-state index in [1.165, 1.54) is 37.7 Å². The minimum atomic E-state index is 0.576. The standard InChI is InChI=1S/C20H25N5/c1-16-14-19(25-20(23-16)21-15-22-25)24-13-6-5-11-18(24)12-7-10-17-8-3-2-4-9-17/h2-4,8-9,14-15,18H,5-7,10-13H2,1H3. The van der Waals surface area contributed by atoms with Crippen LogP contribution in [0, 0.1) is 6.92 Å². The third-order valence-corrected chi connectivity index (χ3v) is 5.13. The van der Waals surface area contributed by atoms with Gasteiger partial charge in [-0.2, -0.15) is 14.6 Å². The molecular weight excluding hydrogens is 310 g/mol. The highest BCUT2D eigenvalue weighted by molar-refractivity contribution is 5.48. The van der Waals surface area contributed by atoms with Gasteiger partial charge in [-0.3, -0.25) is 0 Å². The van der Waals surface area contributed by atoms with E-state index >= 15 is 0 Å². The summed E-state index contributed by atoms with van der Waals surface area (Å²) in [5, 5.41) is 4.40. The van der Waals surface area contributed by atoms with Crippen LogP contribution >= 0.6 is 0 Å². The van der Waals surface area contributed by atoms with Crippen LogP contribution in [0.5, 0.6) is 0 Å². The summed E-state index contributed by atoms with van der Waals surface area (Å²) in [6.07, 6.45) is 9.00. The third-order valence-electron chi connectivity index (χ3n) is 5.13. The number of hydrogen-bond donors (Lipinski definition) is 0. The largest absolute Gasteiger partial charge is 0.353 e. The van der Waals surface area contributed by atoms with Gasteiger partial charge in [0.15, 0.2) is 0 Å². The lowest BCUT2D eigenvalue weighted by molar-refractivity contribution is 0.424. The second-order valence-electron chi connectivity index (χ2n) is 6.95. The molecule has 1 saturated heterocycles. The fourth-order valence-electron chi connectivity index (χ4n) is 3.90. The van der Waals surface area contributed by atoms with E-state index in [0.717, 1.165) is 24.5 Å². The van der Waals surface area contributed by atoms with E-state index in [1.807, 2.05) is 11.4 Å². The molecule has 1 atom stereocenters. The fraction of sp³-hybridized carbons (Fsp3) is 0.450. The molecule has 1 aliphatic rings. The molecule has 0 N–H and O–H groups in total. The Morgan fingerprint density at radius 3 is 2.92 bits per heavy atom. The quantitative estimate of drug-likeness (QED) is 0.711. The molecule has 1 aliphatic heterocycles. The molecule has 5 heteroatoms. The smallest absolute Gasteiger partial charge is 0.254 e. The number of aryl methyl sites for hydroxylation is 2. The number of aromatic nitrogens is 4. The van der Waals surface area contributed by atoms with Gasteiger partial charge in [0, 0.05) is 24.3 Å². The van der Waals surface area contributed by atoms with Gasteiger partial charge in [0.25, 0.3) is 5.78 Å². The van der Waals surface area contributed by atoms with Crippen molar-refractivity contribution in [3.63, 3.8) is 0 Å². The van der Waals surface area contributed by atoms with E-state index < -0.39 is 0 Å². The Hall–Kier alpha value is -2.43. The minimum Gasteiger partial charge on any atom is -0.353 e. The van der Waals surface area contributed by atoms with Crippen LogP contribution in [0.25, 0.3) is 5.78 Å². The summed E-state index contributed by atoms with van der Waals surface area (Å²) in [4.78, 5) is 11.3. The number of piperidine rings is 1. The number of fused-ring (bicyclic) bond motifs is 1. The molecule has 4 rings (SSSR count). The molecule has 3 aromatic rings. The molecule has 1 fully saturated rings. The first-order valence-corrected chi connectivity index (χ1v) is 9.29. The molecule has 1 aromatic carbocycles. The van der Waals surface area contributed by atoms with Gasteiger partial charge in [-0.15, -0.1) is 0 Å². The van der Waals surface area contributed by atoms with Gasteiger partial charge in [0.2, 0.25) is 0 Å². The topological polar surface area (TPSA) is 46.3 Å². The minimum absolute atomic E-state index is 0.576. The first kappa shape index (κ1) is 16.1. The number of rotatable bonds is 5. The molecule has 0 amide bonds. The Kier molecular flexibility index (Phi) is 4.63. The average Bonchev–Trinajstić information content (AvgIpc) is 3.11. The van der Waals surface area contributed by atoms with Crippen LogP contribution in [0.3, 0.4) is 0 Å². The molecule has 5 nitrogen and oxygen atoms in total. The maximum absolute atomic E-state index is 4.48. The lowest BCUT2D eigenvalue weighted by Gasteiger charge is -2.37. The first-order valence-electron chi connectivity index (χ1n) is 9.29. The van der Waals surface area contributed by atoms with Gasteiger partial charge < -0.3 is 4.90 Å². The first-order chi connectivity index (χ1) is 12.3. The summed E-state index contributed by atoms with van der Waals surface area (Å²) in [5.41, 5.74) is 2.44. The van der Waals surface area contributed by atoms with Gasteiger partial charge in [-0.25, -0.2) is 4.98 Å². The normalized spacial score (nSPS) is 18.0.